The van der Waals surface area contributed by atoms with E-state index in [2.05, 4.69) is 18.3 Å². The molecule has 2 aromatic rings. The third-order valence-electron chi connectivity index (χ3n) is 4.05. The molecule has 3 heteroatoms. The van der Waals surface area contributed by atoms with Crippen LogP contribution in [0.2, 0.25) is 0 Å². The summed E-state index contributed by atoms with van der Waals surface area (Å²) in [7, 11) is 0. The monoisotopic (exact) mass is 310 g/mol. The van der Waals surface area contributed by atoms with E-state index in [1.54, 1.807) is 0 Å². The third kappa shape index (κ3) is 4.35. The first-order valence-electron chi connectivity index (χ1n) is 8.23. The number of para-hydroxylation sites is 1. The smallest absolute Gasteiger partial charge is 0.318 e. The Morgan fingerprint density at radius 3 is 2.39 bits per heavy atom. The number of hydrogen-bond acceptors (Lipinski definition) is 1. The summed E-state index contributed by atoms with van der Waals surface area (Å²) in [4.78, 5) is 14.7. The number of rotatable bonds is 5. The molecule has 3 nitrogen and oxygen atoms in total. The fourth-order valence-corrected chi connectivity index (χ4v) is 2.65. The molecule has 0 aliphatic carbocycles. The Balaban J connectivity index is 2.19. The molecule has 0 atom stereocenters. The van der Waals surface area contributed by atoms with Crippen LogP contribution in [0.15, 0.2) is 48.5 Å². The molecule has 0 saturated heterocycles. The van der Waals surface area contributed by atoms with E-state index >= 15 is 0 Å². The van der Waals surface area contributed by atoms with Crippen LogP contribution in [0.1, 0.15) is 37.5 Å². The quantitative estimate of drug-likeness (QED) is 0.828. The van der Waals surface area contributed by atoms with Crippen LogP contribution in [0.5, 0.6) is 0 Å². The molecule has 0 radical (unpaired) electrons. The van der Waals surface area contributed by atoms with Crippen LogP contribution >= 0.6 is 0 Å². The Kier molecular flexibility index (Phi) is 5.80. The summed E-state index contributed by atoms with van der Waals surface area (Å²) >= 11 is 0. The molecule has 0 saturated carbocycles. The molecule has 2 rings (SSSR count). The van der Waals surface area contributed by atoms with E-state index in [1.807, 2.05) is 68.1 Å². The van der Waals surface area contributed by atoms with Gasteiger partial charge in [0.2, 0.25) is 0 Å². The number of aryl methyl sites for hydroxylation is 2. The summed E-state index contributed by atoms with van der Waals surface area (Å²) < 4.78 is 0. The Hall–Kier alpha value is -2.29. The Bertz CT molecular complexity index is 650. The summed E-state index contributed by atoms with van der Waals surface area (Å²) in [5.74, 6) is 0. The van der Waals surface area contributed by atoms with E-state index in [9.17, 15) is 4.79 Å². The molecular formula is C20H26N2O. The molecule has 0 aromatic heterocycles. The fourth-order valence-electron chi connectivity index (χ4n) is 2.65. The van der Waals surface area contributed by atoms with Crippen molar-refractivity contribution in [1.82, 2.24) is 4.90 Å². The van der Waals surface area contributed by atoms with Gasteiger partial charge in [-0.15, -0.1) is 0 Å². The summed E-state index contributed by atoms with van der Waals surface area (Å²) in [5, 5.41) is 3.12. The van der Waals surface area contributed by atoms with Crippen LogP contribution in [0.3, 0.4) is 0 Å². The molecule has 2 amide bonds. The van der Waals surface area contributed by atoms with Crippen molar-refractivity contribution in [3.05, 3.63) is 65.2 Å². The zero-order valence-electron chi connectivity index (χ0n) is 14.5. The number of hydrogen-bond donors (Lipinski definition) is 1. The minimum absolute atomic E-state index is 0.0483. The van der Waals surface area contributed by atoms with Crippen LogP contribution in [-0.2, 0) is 13.0 Å². The van der Waals surface area contributed by atoms with Gasteiger partial charge in [-0.25, -0.2) is 4.79 Å². The molecule has 0 aliphatic rings. The van der Waals surface area contributed by atoms with E-state index in [4.69, 9.17) is 0 Å². The number of anilines is 1. The van der Waals surface area contributed by atoms with Gasteiger partial charge in [-0.3, -0.25) is 0 Å². The topological polar surface area (TPSA) is 32.3 Å². The molecule has 0 fully saturated rings. The van der Waals surface area contributed by atoms with Gasteiger partial charge >= 0.3 is 6.03 Å². The Morgan fingerprint density at radius 2 is 1.78 bits per heavy atom. The number of urea groups is 1. The lowest BCUT2D eigenvalue weighted by molar-refractivity contribution is 0.193. The molecule has 0 bridgehead atoms. The van der Waals surface area contributed by atoms with Crippen molar-refractivity contribution in [1.29, 1.82) is 0 Å². The maximum absolute atomic E-state index is 12.8. The molecule has 0 aliphatic heterocycles. The predicted molar refractivity (Wildman–Crippen MR) is 96.7 cm³/mol. The zero-order valence-corrected chi connectivity index (χ0v) is 14.5. The molecule has 122 valence electrons. The van der Waals surface area contributed by atoms with Crippen molar-refractivity contribution in [3.8, 4) is 0 Å². The number of nitrogens with one attached hydrogen (secondary N) is 1. The second-order valence-corrected chi connectivity index (χ2v) is 6.10. The normalized spacial score (nSPS) is 10.7. The van der Waals surface area contributed by atoms with Crippen LogP contribution in [0.25, 0.3) is 0 Å². The van der Waals surface area contributed by atoms with Gasteiger partial charge in [0.15, 0.2) is 0 Å². The lowest BCUT2D eigenvalue weighted by Crippen LogP contribution is -2.39. The SMILES string of the molecule is CCc1cccc(C)c1NC(=O)N(Cc1ccccc1)C(C)C. The average Bonchev–Trinajstić information content (AvgIpc) is 2.55. The van der Waals surface area contributed by atoms with E-state index in [0.29, 0.717) is 6.54 Å². The predicted octanol–water partition coefficient (Wildman–Crippen LogP) is 5.00. The van der Waals surface area contributed by atoms with Gasteiger partial charge in [0.1, 0.15) is 0 Å². The Morgan fingerprint density at radius 1 is 1.09 bits per heavy atom. The molecule has 23 heavy (non-hydrogen) atoms. The second-order valence-electron chi connectivity index (χ2n) is 6.10. The maximum Gasteiger partial charge on any atom is 0.322 e. The van der Waals surface area contributed by atoms with Crippen molar-refractivity contribution in [2.75, 3.05) is 5.32 Å². The second kappa shape index (κ2) is 7.82. The van der Waals surface area contributed by atoms with E-state index < -0.39 is 0 Å². The largest absolute Gasteiger partial charge is 0.322 e. The molecular weight excluding hydrogens is 284 g/mol. The highest BCUT2D eigenvalue weighted by molar-refractivity contribution is 5.91. The van der Waals surface area contributed by atoms with Gasteiger partial charge in [-0.05, 0) is 43.9 Å². The average molecular weight is 310 g/mol. The van der Waals surface area contributed by atoms with Crippen molar-refractivity contribution in [2.24, 2.45) is 0 Å². The summed E-state index contributed by atoms with van der Waals surface area (Å²) in [5.41, 5.74) is 4.35. The van der Waals surface area contributed by atoms with Crippen LogP contribution < -0.4 is 5.32 Å². The minimum Gasteiger partial charge on any atom is -0.318 e. The zero-order chi connectivity index (χ0) is 16.8. The van der Waals surface area contributed by atoms with Crippen molar-refractivity contribution < 1.29 is 4.79 Å². The van der Waals surface area contributed by atoms with E-state index in [0.717, 1.165) is 23.2 Å². The molecule has 2 aromatic carbocycles. The van der Waals surface area contributed by atoms with E-state index in [-0.39, 0.29) is 12.1 Å². The summed E-state index contributed by atoms with van der Waals surface area (Å²) in [6, 6.07) is 16.3. The van der Waals surface area contributed by atoms with Crippen LogP contribution in [0.4, 0.5) is 10.5 Å². The molecule has 0 unspecified atom stereocenters. The first-order chi connectivity index (χ1) is 11.0. The minimum atomic E-state index is -0.0483. The lowest BCUT2D eigenvalue weighted by atomic mass is 10.1. The van der Waals surface area contributed by atoms with E-state index in [1.165, 1.54) is 5.56 Å². The molecule has 0 spiro atoms. The maximum atomic E-state index is 12.8. The number of carbonyl (C=O) groups excluding carboxylic acids is 1. The third-order valence-corrected chi connectivity index (χ3v) is 4.05. The lowest BCUT2D eigenvalue weighted by Gasteiger charge is -2.28. The van der Waals surface area contributed by atoms with Crippen molar-refractivity contribution in [2.45, 2.75) is 46.7 Å². The van der Waals surface area contributed by atoms with Gasteiger partial charge in [0, 0.05) is 18.3 Å². The first-order valence-corrected chi connectivity index (χ1v) is 8.23. The van der Waals surface area contributed by atoms with Gasteiger partial charge < -0.3 is 10.2 Å². The number of carbonyl (C=O) groups is 1. The van der Waals surface area contributed by atoms with Gasteiger partial charge in [-0.2, -0.15) is 0 Å². The highest BCUT2D eigenvalue weighted by Crippen LogP contribution is 2.22. The molecule has 1 N–H and O–H groups in total. The number of amides is 2. The molecule has 0 heterocycles. The highest BCUT2D eigenvalue weighted by atomic mass is 16.2. The standard InChI is InChI=1S/C20H26N2O/c1-5-18-13-9-10-16(4)19(18)21-20(23)22(15(2)3)14-17-11-7-6-8-12-17/h6-13,15H,5,14H2,1-4H3,(H,21,23). The van der Waals surface area contributed by atoms with Gasteiger partial charge in [0.25, 0.3) is 0 Å². The first kappa shape index (κ1) is 17.1. The van der Waals surface area contributed by atoms with Crippen molar-refractivity contribution >= 4 is 11.7 Å². The summed E-state index contributed by atoms with van der Waals surface area (Å²) in [6.45, 7) is 8.83. The van der Waals surface area contributed by atoms with Gasteiger partial charge in [-0.1, -0.05) is 55.5 Å². The Labute approximate surface area is 139 Å². The van der Waals surface area contributed by atoms with Crippen LogP contribution in [-0.4, -0.2) is 17.0 Å². The fraction of sp³-hybridized carbons (Fsp3) is 0.350. The summed E-state index contributed by atoms with van der Waals surface area (Å²) in [6.07, 6.45) is 0.900. The van der Waals surface area contributed by atoms with Crippen LogP contribution in [0, 0.1) is 6.92 Å². The number of nitrogens with zero attached hydrogens (tertiary/aromatic N) is 1. The highest BCUT2D eigenvalue weighted by Gasteiger charge is 2.19. The van der Waals surface area contributed by atoms with Crippen molar-refractivity contribution in [3.63, 3.8) is 0 Å². The number of benzene rings is 2. The van der Waals surface area contributed by atoms with Gasteiger partial charge in [0.05, 0.1) is 0 Å².